The SMILES string of the molecule is COc1cc(C[NH2+]Cc2ccc(C)cc2)cc(OC)c1OC(F)F. The molecule has 0 aliphatic carbocycles. The van der Waals surface area contributed by atoms with E-state index in [2.05, 4.69) is 41.2 Å². The smallest absolute Gasteiger partial charge is 0.387 e. The van der Waals surface area contributed by atoms with Gasteiger partial charge in [-0.1, -0.05) is 29.8 Å². The fourth-order valence-electron chi connectivity index (χ4n) is 2.39. The van der Waals surface area contributed by atoms with Crippen molar-refractivity contribution in [2.75, 3.05) is 14.2 Å². The second-order valence-electron chi connectivity index (χ2n) is 5.39. The van der Waals surface area contributed by atoms with E-state index in [0.717, 1.165) is 12.1 Å². The highest BCUT2D eigenvalue weighted by molar-refractivity contribution is 5.53. The van der Waals surface area contributed by atoms with Crippen LogP contribution in [0, 0.1) is 6.92 Å². The van der Waals surface area contributed by atoms with Crippen molar-refractivity contribution in [3.05, 3.63) is 53.1 Å². The van der Waals surface area contributed by atoms with Gasteiger partial charge in [0.1, 0.15) is 13.1 Å². The number of nitrogens with two attached hydrogens (primary N) is 1. The molecule has 0 aliphatic heterocycles. The van der Waals surface area contributed by atoms with E-state index in [1.807, 2.05) is 0 Å². The maximum atomic E-state index is 12.5. The first-order valence-corrected chi connectivity index (χ1v) is 7.60. The number of halogens is 2. The molecule has 0 atom stereocenters. The fourth-order valence-corrected chi connectivity index (χ4v) is 2.39. The van der Waals surface area contributed by atoms with Gasteiger partial charge in [-0.3, -0.25) is 0 Å². The van der Waals surface area contributed by atoms with Crippen LogP contribution >= 0.6 is 0 Å². The predicted molar refractivity (Wildman–Crippen MR) is 86.7 cm³/mol. The Morgan fingerprint density at radius 1 is 0.917 bits per heavy atom. The Labute approximate surface area is 140 Å². The summed E-state index contributed by atoms with van der Waals surface area (Å²) >= 11 is 0. The van der Waals surface area contributed by atoms with Crippen molar-refractivity contribution < 1.29 is 28.3 Å². The summed E-state index contributed by atoms with van der Waals surface area (Å²) in [5, 5.41) is 2.12. The quantitative estimate of drug-likeness (QED) is 0.805. The lowest BCUT2D eigenvalue weighted by atomic mass is 10.1. The van der Waals surface area contributed by atoms with E-state index in [1.54, 1.807) is 12.1 Å². The summed E-state index contributed by atoms with van der Waals surface area (Å²) in [5.74, 6) is 0.374. The van der Waals surface area contributed by atoms with Crippen LogP contribution in [0.25, 0.3) is 0 Å². The number of quaternary nitrogens is 1. The number of hydrogen-bond acceptors (Lipinski definition) is 3. The Kier molecular flexibility index (Phi) is 6.37. The van der Waals surface area contributed by atoms with Crippen molar-refractivity contribution in [1.82, 2.24) is 0 Å². The summed E-state index contributed by atoms with van der Waals surface area (Å²) in [6, 6.07) is 11.7. The fraction of sp³-hybridized carbons (Fsp3) is 0.333. The Bertz CT molecular complexity index is 635. The average molecular weight is 338 g/mol. The van der Waals surface area contributed by atoms with Crippen molar-refractivity contribution >= 4 is 0 Å². The van der Waals surface area contributed by atoms with Gasteiger partial charge in [0.05, 0.1) is 14.2 Å². The van der Waals surface area contributed by atoms with Crippen LogP contribution in [0.1, 0.15) is 16.7 Å². The van der Waals surface area contributed by atoms with Crippen molar-refractivity contribution in [3.63, 3.8) is 0 Å². The molecule has 0 heterocycles. The van der Waals surface area contributed by atoms with Crippen molar-refractivity contribution in [2.24, 2.45) is 0 Å². The number of aryl methyl sites for hydroxylation is 1. The standard InChI is InChI=1S/C18H21F2NO3/c1-12-4-6-13(7-5-12)10-21-11-14-8-15(22-2)17(24-18(19)20)16(9-14)23-3/h4-9,18,21H,10-11H2,1-3H3/p+1. The Morgan fingerprint density at radius 2 is 1.46 bits per heavy atom. The molecule has 2 N–H and O–H groups in total. The van der Waals surface area contributed by atoms with E-state index in [9.17, 15) is 8.78 Å². The molecule has 0 aliphatic rings. The highest BCUT2D eigenvalue weighted by Crippen LogP contribution is 2.39. The van der Waals surface area contributed by atoms with Crippen LogP contribution in [0.5, 0.6) is 17.2 Å². The van der Waals surface area contributed by atoms with Gasteiger partial charge in [-0.05, 0) is 19.1 Å². The molecule has 4 nitrogen and oxygen atoms in total. The van der Waals surface area contributed by atoms with E-state index in [0.29, 0.717) is 6.54 Å². The molecule has 0 fully saturated rings. The summed E-state index contributed by atoms with van der Waals surface area (Å²) in [7, 11) is 2.82. The van der Waals surface area contributed by atoms with Crippen LogP contribution in [0.2, 0.25) is 0 Å². The summed E-state index contributed by atoms with van der Waals surface area (Å²) in [4.78, 5) is 0. The predicted octanol–water partition coefficient (Wildman–Crippen LogP) is 2.88. The van der Waals surface area contributed by atoms with Gasteiger partial charge in [0, 0.05) is 11.1 Å². The molecule has 0 saturated heterocycles. The summed E-state index contributed by atoms with van der Waals surface area (Å²) in [6.07, 6.45) is 0. The van der Waals surface area contributed by atoms with Crippen LogP contribution in [0.15, 0.2) is 36.4 Å². The number of alkyl halides is 2. The molecule has 2 rings (SSSR count). The zero-order valence-corrected chi connectivity index (χ0v) is 14.0. The van der Waals surface area contributed by atoms with E-state index in [1.165, 1.54) is 25.3 Å². The number of benzene rings is 2. The zero-order chi connectivity index (χ0) is 17.5. The Morgan fingerprint density at radius 3 is 1.96 bits per heavy atom. The molecule has 0 amide bonds. The molecule has 0 radical (unpaired) electrons. The second-order valence-corrected chi connectivity index (χ2v) is 5.39. The van der Waals surface area contributed by atoms with Crippen molar-refractivity contribution in [3.8, 4) is 17.2 Å². The van der Waals surface area contributed by atoms with Crippen molar-refractivity contribution in [2.45, 2.75) is 26.6 Å². The molecule has 130 valence electrons. The van der Waals surface area contributed by atoms with E-state index in [-0.39, 0.29) is 17.2 Å². The van der Waals surface area contributed by atoms with Gasteiger partial charge in [0.25, 0.3) is 0 Å². The van der Waals surface area contributed by atoms with Gasteiger partial charge in [-0.2, -0.15) is 8.78 Å². The molecule has 0 saturated carbocycles. The number of rotatable bonds is 8. The van der Waals surface area contributed by atoms with Gasteiger partial charge in [-0.15, -0.1) is 0 Å². The lowest BCUT2D eigenvalue weighted by Gasteiger charge is -2.15. The summed E-state index contributed by atoms with van der Waals surface area (Å²) in [5.41, 5.74) is 3.34. The molecule has 0 unspecified atom stereocenters. The number of hydrogen-bond donors (Lipinski definition) is 1. The van der Waals surface area contributed by atoms with Crippen LogP contribution in [-0.2, 0) is 13.1 Å². The maximum absolute atomic E-state index is 12.5. The topological polar surface area (TPSA) is 44.3 Å². The van der Waals surface area contributed by atoms with E-state index >= 15 is 0 Å². The van der Waals surface area contributed by atoms with Gasteiger partial charge in [0.2, 0.25) is 5.75 Å². The van der Waals surface area contributed by atoms with Gasteiger partial charge in [0.15, 0.2) is 11.5 Å². The Hall–Kier alpha value is -2.34. The minimum absolute atomic E-state index is 0.0858. The third-order valence-electron chi connectivity index (χ3n) is 3.61. The molecule has 2 aromatic rings. The van der Waals surface area contributed by atoms with Gasteiger partial charge >= 0.3 is 6.61 Å². The average Bonchev–Trinajstić information content (AvgIpc) is 2.57. The lowest BCUT2D eigenvalue weighted by Crippen LogP contribution is -2.80. The molecular weight excluding hydrogens is 316 g/mol. The Balaban J connectivity index is 2.08. The largest absolute Gasteiger partial charge is 0.493 e. The first-order chi connectivity index (χ1) is 11.5. The van der Waals surface area contributed by atoms with Crippen LogP contribution in [0.3, 0.4) is 0 Å². The van der Waals surface area contributed by atoms with E-state index < -0.39 is 6.61 Å². The minimum Gasteiger partial charge on any atom is -0.493 e. The maximum Gasteiger partial charge on any atom is 0.387 e. The third kappa shape index (κ3) is 4.83. The van der Waals surface area contributed by atoms with Gasteiger partial charge < -0.3 is 19.5 Å². The van der Waals surface area contributed by atoms with Crippen LogP contribution in [0.4, 0.5) is 8.78 Å². The van der Waals surface area contributed by atoms with Crippen molar-refractivity contribution in [1.29, 1.82) is 0 Å². The highest BCUT2D eigenvalue weighted by Gasteiger charge is 2.18. The summed E-state index contributed by atoms with van der Waals surface area (Å²) in [6.45, 7) is 0.594. The van der Waals surface area contributed by atoms with Crippen LogP contribution in [-0.4, -0.2) is 20.8 Å². The molecule has 0 aromatic heterocycles. The number of ether oxygens (including phenoxy) is 3. The zero-order valence-electron chi connectivity index (χ0n) is 14.0. The second kappa shape index (κ2) is 8.49. The minimum atomic E-state index is -2.94. The van der Waals surface area contributed by atoms with E-state index in [4.69, 9.17) is 9.47 Å². The molecule has 0 bridgehead atoms. The molecule has 0 spiro atoms. The highest BCUT2D eigenvalue weighted by atomic mass is 19.3. The third-order valence-corrected chi connectivity index (χ3v) is 3.61. The lowest BCUT2D eigenvalue weighted by molar-refractivity contribution is -0.686. The summed E-state index contributed by atoms with van der Waals surface area (Å²) < 4.78 is 39.9. The molecule has 2 aromatic carbocycles. The first kappa shape index (κ1) is 18.0. The molecular formula is C18H22F2NO3+. The number of methoxy groups -OCH3 is 2. The van der Waals surface area contributed by atoms with Gasteiger partial charge in [-0.25, -0.2) is 0 Å². The molecule has 6 heteroatoms. The first-order valence-electron chi connectivity index (χ1n) is 7.60. The monoisotopic (exact) mass is 338 g/mol. The normalized spacial score (nSPS) is 10.8. The van der Waals surface area contributed by atoms with Crippen LogP contribution < -0.4 is 19.5 Å². The molecule has 24 heavy (non-hydrogen) atoms.